The molecule has 1 saturated heterocycles. The standard InChI is InChI=1S/C15H22ClF3N4O3S/c1-10-12(16)13(15(17,18)19)20-23(10)11(2)14(24)22-6-4-21(5-7-22)8-9-27(3,25)26/h11H,4-9H2,1-3H3. The van der Waals surface area contributed by atoms with Crippen molar-refractivity contribution in [3.63, 3.8) is 0 Å². The van der Waals surface area contributed by atoms with Crippen LogP contribution in [0.25, 0.3) is 0 Å². The van der Waals surface area contributed by atoms with E-state index in [2.05, 4.69) is 5.10 Å². The minimum Gasteiger partial charge on any atom is -0.338 e. The van der Waals surface area contributed by atoms with Crippen LogP contribution in [0, 0.1) is 6.92 Å². The van der Waals surface area contributed by atoms with Gasteiger partial charge < -0.3 is 4.90 Å². The van der Waals surface area contributed by atoms with Crippen LogP contribution in [0.3, 0.4) is 0 Å². The largest absolute Gasteiger partial charge is 0.436 e. The first-order valence-electron chi connectivity index (χ1n) is 8.32. The molecule has 7 nitrogen and oxygen atoms in total. The second kappa shape index (κ2) is 7.96. The maximum Gasteiger partial charge on any atom is 0.436 e. The molecule has 0 radical (unpaired) electrons. The number of halogens is 4. The molecule has 1 fully saturated rings. The Morgan fingerprint density at radius 2 is 1.81 bits per heavy atom. The number of alkyl halides is 3. The Labute approximate surface area is 161 Å². The summed E-state index contributed by atoms with van der Waals surface area (Å²) >= 11 is 5.74. The van der Waals surface area contributed by atoms with E-state index in [-0.39, 0.29) is 17.4 Å². The zero-order valence-electron chi connectivity index (χ0n) is 15.3. The van der Waals surface area contributed by atoms with Gasteiger partial charge in [-0.05, 0) is 13.8 Å². The lowest BCUT2D eigenvalue weighted by Crippen LogP contribution is -2.51. The molecule has 0 N–H and O–H groups in total. The monoisotopic (exact) mass is 430 g/mol. The minimum atomic E-state index is -4.69. The van der Waals surface area contributed by atoms with E-state index >= 15 is 0 Å². The quantitative estimate of drug-likeness (QED) is 0.709. The molecule has 1 atom stereocenters. The van der Waals surface area contributed by atoms with Gasteiger partial charge >= 0.3 is 6.18 Å². The Balaban J connectivity index is 2.03. The molecule has 1 aromatic rings. The van der Waals surface area contributed by atoms with E-state index < -0.39 is 32.8 Å². The highest BCUT2D eigenvalue weighted by Crippen LogP contribution is 2.36. The highest BCUT2D eigenvalue weighted by atomic mass is 35.5. The normalized spacial score (nSPS) is 18.0. The second-order valence-corrected chi connectivity index (χ2v) is 9.30. The molecule has 1 aromatic heterocycles. The third-order valence-corrected chi connectivity index (χ3v) is 5.91. The molecule has 1 aliphatic heterocycles. The van der Waals surface area contributed by atoms with E-state index in [9.17, 15) is 26.4 Å². The highest BCUT2D eigenvalue weighted by Gasteiger charge is 2.39. The van der Waals surface area contributed by atoms with Crippen LogP contribution in [0.15, 0.2) is 0 Å². The van der Waals surface area contributed by atoms with Crippen molar-refractivity contribution in [1.29, 1.82) is 0 Å². The van der Waals surface area contributed by atoms with Gasteiger partial charge in [-0.2, -0.15) is 18.3 Å². The maximum atomic E-state index is 13.0. The van der Waals surface area contributed by atoms with Crippen LogP contribution in [-0.4, -0.2) is 78.6 Å². The van der Waals surface area contributed by atoms with Crippen molar-refractivity contribution in [2.24, 2.45) is 0 Å². The fourth-order valence-corrected chi connectivity index (χ4v) is 3.73. The van der Waals surface area contributed by atoms with E-state index in [0.29, 0.717) is 32.7 Å². The number of rotatable bonds is 5. The lowest BCUT2D eigenvalue weighted by Gasteiger charge is -2.35. The molecule has 0 aromatic carbocycles. The van der Waals surface area contributed by atoms with Gasteiger partial charge in [0.1, 0.15) is 15.9 Å². The number of carbonyl (C=O) groups excluding carboxylic acids is 1. The molecule has 0 aliphatic carbocycles. The van der Waals surface area contributed by atoms with Gasteiger partial charge in [0.05, 0.1) is 16.5 Å². The van der Waals surface area contributed by atoms with Gasteiger partial charge in [0.25, 0.3) is 0 Å². The predicted octanol–water partition coefficient (Wildman–Crippen LogP) is 1.61. The zero-order valence-corrected chi connectivity index (χ0v) is 16.8. The van der Waals surface area contributed by atoms with Crippen molar-refractivity contribution in [3.8, 4) is 0 Å². The molecule has 2 heterocycles. The smallest absolute Gasteiger partial charge is 0.338 e. The maximum absolute atomic E-state index is 13.0. The molecular formula is C15H22ClF3N4O3S. The van der Waals surface area contributed by atoms with Crippen molar-refractivity contribution in [1.82, 2.24) is 19.6 Å². The van der Waals surface area contributed by atoms with E-state index in [1.54, 1.807) is 4.90 Å². The van der Waals surface area contributed by atoms with Crippen molar-refractivity contribution in [3.05, 3.63) is 16.4 Å². The molecule has 0 spiro atoms. The van der Waals surface area contributed by atoms with Gasteiger partial charge in [-0.1, -0.05) is 11.6 Å². The van der Waals surface area contributed by atoms with Gasteiger partial charge in [0, 0.05) is 39.0 Å². The van der Waals surface area contributed by atoms with E-state index in [0.717, 1.165) is 4.68 Å². The number of amides is 1. The number of hydrogen-bond acceptors (Lipinski definition) is 5. The zero-order chi connectivity index (χ0) is 20.6. The SMILES string of the molecule is Cc1c(Cl)c(C(F)(F)F)nn1C(C)C(=O)N1CCN(CCS(C)(=O)=O)CC1. The summed E-state index contributed by atoms with van der Waals surface area (Å²) < 4.78 is 62.3. The molecule has 154 valence electrons. The Bertz CT molecular complexity index is 802. The molecular weight excluding hydrogens is 409 g/mol. The molecule has 1 aliphatic rings. The first kappa shape index (κ1) is 22.0. The van der Waals surface area contributed by atoms with Gasteiger partial charge in [-0.25, -0.2) is 8.42 Å². The molecule has 0 saturated carbocycles. The number of aromatic nitrogens is 2. The third kappa shape index (κ3) is 5.35. The van der Waals surface area contributed by atoms with Crippen LogP contribution in [-0.2, 0) is 20.8 Å². The molecule has 0 bridgehead atoms. The van der Waals surface area contributed by atoms with E-state index in [4.69, 9.17) is 11.6 Å². The number of nitrogens with zero attached hydrogens (tertiary/aromatic N) is 4. The van der Waals surface area contributed by atoms with Gasteiger partial charge in [0.2, 0.25) is 5.91 Å². The van der Waals surface area contributed by atoms with Crippen molar-refractivity contribution >= 4 is 27.3 Å². The molecule has 1 amide bonds. The second-order valence-electron chi connectivity index (χ2n) is 6.66. The third-order valence-electron chi connectivity index (χ3n) is 4.53. The summed E-state index contributed by atoms with van der Waals surface area (Å²) in [6, 6.07) is -0.929. The minimum absolute atomic E-state index is 0.0442. The number of sulfone groups is 1. The fraction of sp³-hybridized carbons (Fsp3) is 0.733. The summed E-state index contributed by atoms with van der Waals surface area (Å²) in [6.07, 6.45) is -3.53. The number of carbonyl (C=O) groups is 1. The summed E-state index contributed by atoms with van der Waals surface area (Å²) in [7, 11) is -3.06. The van der Waals surface area contributed by atoms with Gasteiger partial charge in [-0.15, -0.1) is 0 Å². The first-order valence-corrected chi connectivity index (χ1v) is 10.8. The Morgan fingerprint density at radius 1 is 1.26 bits per heavy atom. The number of piperazine rings is 1. The molecule has 1 unspecified atom stereocenters. The average Bonchev–Trinajstić information content (AvgIpc) is 2.87. The summed E-state index contributed by atoms with van der Waals surface area (Å²) in [5.74, 6) is -0.309. The van der Waals surface area contributed by atoms with Crippen molar-refractivity contribution in [2.75, 3.05) is 44.7 Å². The fourth-order valence-electron chi connectivity index (χ4n) is 2.91. The van der Waals surface area contributed by atoms with Crippen molar-refractivity contribution < 1.29 is 26.4 Å². The van der Waals surface area contributed by atoms with Crippen LogP contribution in [0.2, 0.25) is 5.02 Å². The number of hydrogen-bond donors (Lipinski definition) is 0. The topological polar surface area (TPSA) is 75.5 Å². The van der Waals surface area contributed by atoms with Crippen molar-refractivity contribution in [2.45, 2.75) is 26.1 Å². The summed E-state index contributed by atoms with van der Waals surface area (Å²) in [5.41, 5.74) is -1.12. The Kier molecular flexibility index (Phi) is 6.48. The Hall–Kier alpha value is -1.33. The van der Waals surface area contributed by atoms with Gasteiger partial charge in [0.15, 0.2) is 5.69 Å². The highest BCUT2D eigenvalue weighted by molar-refractivity contribution is 7.90. The predicted molar refractivity (Wildman–Crippen MR) is 94.4 cm³/mol. The Morgan fingerprint density at radius 3 is 2.26 bits per heavy atom. The average molecular weight is 431 g/mol. The first-order chi connectivity index (χ1) is 12.3. The van der Waals surface area contributed by atoms with Crippen LogP contribution in [0.4, 0.5) is 13.2 Å². The van der Waals surface area contributed by atoms with Gasteiger partial charge in [-0.3, -0.25) is 14.4 Å². The lowest BCUT2D eigenvalue weighted by molar-refractivity contribution is -0.142. The molecule has 2 rings (SSSR count). The lowest BCUT2D eigenvalue weighted by atomic mass is 10.2. The molecule has 12 heteroatoms. The van der Waals surface area contributed by atoms with Crippen LogP contribution in [0.1, 0.15) is 24.4 Å². The van der Waals surface area contributed by atoms with Crippen LogP contribution >= 0.6 is 11.6 Å². The summed E-state index contributed by atoms with van der Waals surface area (Å²) in [6.45, 7) is 4.99. The van der Waals surface area contributed by atoms with Crippen LogP contribution < -0.4 is 0 Å². The summed E-state index contributed by atoms with van der Waals surface area (Å²) in [4.78, 5) is 16.2. The van der Waals surface area contributed by atoms with Crippen LogP contribution in [0.5, 0.6) is 0 Å². The van der Waals surface area contributed by atoms with E-state index in [1.807, 2.05) is 4.90 Å². The molecule has 27 heavy (non-hydrogen) atoms. The van der Waals surface area contributed by atoms with E-state index in [1.165, 1.54) is 20.1 Å². The summed E-state index contributed by atoms with van der Waals surface area (Å²) in [5, 5.41) is 3.00.